The molecule has 2 aromatic heterocycles. The van der Waals surface area contributed by atoms with E-state index in [1.165, 1.54) is 11.5 Å². The number of nitrogens with one attached hydrogen (secondary N) is 1. The van der Waals surface area contributed by atoms with E-state index < -0.39 is 22.9 Å². The first kappa shape index (κ1) is 16.5. The van der Waals surface area contributed by atoms with E-state index in [1.807, 2.05) is 19.1 Å². The van der Waals surface area contributed by atoms with E-state index in [1.54, 1.807) is 30.5 Å². The molecule has 3 rings (SSSR count). The number of hydrogen-bond acceptors (Lipinski definition) is 5. The number of fused-ring (bicyclic) bond motifs is 1. The van der Waals surface area contributed by atoms with Gasteiger partial charge < -0.3 is 15.2 Å². The molecule has 3 aromatic rings. The monoisotopic (exact) mass is 339 g/mol. The Balaban J connectivity index is 1.93. The largest absolute Gasteiger partial charge is 0.496 e. The van der Waals surface area contributed by atoms with Crippen LogP contribution in [0.5, 0.6) is 11.6 Å². The first-order valence-corrected chi connectivity index (χ1v) is 7.63. The maximum absolute atomic E-state index is 12.6. The second kappa shape index (κ2) is 6.64. The van der Waals surface area contributed by atoms with Crippen molar-refractivity contribution in [2.24, 2.45) is 0 Å². The molecule has 0 radical (unpaired) electrons. The molecule has 0 aliphatic heterocycles. The highest BCUT2D eigenvalue weighted by atomic mass is 16.5. The summed E-state index contributed by atoms with van der Waals surface area (Å²) in [6.07, 6.45) is 1.57. The van der Waals surface area contributed by atoms with Crippen LogP contribution in [0.15, 0.2) is 47.4 Å². The van der Waals surface area contributed by atoms with Crippen LogP contribution in [0.1, 0.15) is 21.5 Å². The lowest BCUT2D eigenvalue weighted by atomic mass is 10.2. The van der Waals surface area contributed by atoms with Crippen LogP contribution in [0.25, 0.3) is 5.65 Å². The zero-order valence-electron chi connectivity index (χ0n) is 13.8. The lowest BCUT2D eigenvalue weighted by Crippen LogP contribution is -2.31. The molecule has 0 saturated heterocycles. The molecule has 25 heavy (non-hydrogen) atoms. The van der Waals surface area contributed by atoms with E-state index in [0.717, 1.165) is 11.1 Å². The summed E-state index contributed by atoms with van der Waals surface area (Å²) < 4.78 is 6.47. The summed E-state index contributed by atoms with van der Waals surface area (Å²) in [5, 5.41) is 12.6. The maximum Gasteiger partial charge on any atom is 0.274 e. The van der Waals surface area contributed by atoms with Crippen molar-refractivity contribution in [1.82, 2.24) is 14.7 Å². The first-order chi connectivity index (χ1) is 12.0. The molecule has 7 nitrogen and oxygen atoms in total. The number of rotatable bonds is 4. The number of ether oxygens (including phenoxy) is 1. The van der Waals surface area contributed by atoms with Crippen molar-refractivity contribution in [1.29, 1.82) is 0 Å². The van der Waals surface area contributed by atoms with E-state index in [0.29, 0.717) is 5.75 Å². The average Bonchev–Trinajstić information content (AvgIpc) is 2.61. The highest BCUT2D eigenvalue weighted by Gasteiger charge is 2.20. The molecule has 2 heterocycles. The second-order valence-corrected chi connectivity index (χ2v) is 5.54. The van der Waals surface area contributed by atoms with Crippen molar-refractivity contribution < 1.29 is 14.6 Å². The molecule has 0 fully saturated rings. The van der Waals surface area contributed by atoms with Gasteiger partial charge in [0.25, 0.3) is 11.5 Å². The summed E-state index contributed by atoms with van der Waals surface area (Å²) in [7, 11) is 1.54. The lowest BCUT2D eigenvalue weighted by Gasteiger charge is -2.10. The highest BCUT2D eigenvalue weighted by molar-refractivity contribution is 5.96. The van der Waals surface area contributed by atoms with Crippen LogP contribution in [-0.4, -0.2) is 27.5 Å². The Labute approximate surface area is 143 Å². The van der Waals surface area contributed by atoms with Crippen LogP contribution in [0, 0.1) is 6.92 Å². The molecule has 0 spiro atoms. The summed E-state index contributed by atoms with van der Waals surface area (Å²) in [6.45, 7) is 1.97. The molecule has 0 aliphatic rings. The number of carbonyl (C=O) groups excluding carboxylic acids is 1. The number of aromatic nitrogens is 2. The second-order valence-electron chi connectivity index (χ2n) is 5.54. The topological polar surface area (TPSA) is 92.9 Å². The number of methoxy groups -OCH3 is 1. The number of aromatic hydroxyl groups is 1. The Morgan fingerprint density at radius 2 is 2.04 bits per heavy atom. The Morgan fingerprint density at radius 3 is 2.80 bits per heavy atom. The van der Waals surface area contributed by atoms with Gasteiger partial charge in [-0.05, 0) is 24.6 Å². The lowest BCUT2D eigenvalue weighted by molar-refractivity contribution is 0.0945. The Bertz CT molecular complexity index is 1010. The molecule has 0 unspecified atom stereocenters. The van der Waals surface area contributed by atoms with Gasteiger partial charge in [-0.25, -0.2) is 0 Å². The quantitative estimate of drug-likeness (QED) is 0.754. The van der Waals surface area contributed by atoms with E-state index in [-0.39, 0.29) is 12.2 Å². The van der Waals surface area contributed by atoms with E-state index in [4.69, 9.17) is 4.74 Å². The molecule has 1 aromatic carbocycles. The molecule has 0 saturated carbocycles. The number of hydrogen-bond donors (Lipinski definition) is 2. The van der Waals surface area contributed by atoms with Crippen molar-refractivity contribution in [2.45, 2.75) is 13.5 Å². The van der Waals surface area contributed by atoms with Crippen molar-refractivity contribution >= 4 is 11.6 Å². The van der Waals surface area contributed by atoms with E-state index >= 15 is 0 Å². The summed E-state index contributed by atoms with van der Waals surface area (Å²) >= 11 is 0. The van der Waals surface area contributed by atoms with Crippen LogP contribution < -0.4 is 15.6 Å². The molecule has 0 bridgehead atoms. The number of benzene rings is 1. The van der Waals surface area contributed by atoms with Gasteiger partial charge in [-0.15, -0.1) is 0 Å². The third-order valence-corrected chi connectivity index (χ3v) is 3.81. The fourth-order valence-electron chi connectivity index (χ4n) is 2.54. The first-order valence-electron chi connectivity index (χ1n) is 7.63. The van der Waals surface area contributed by atoms with Crippen LogP contribution in [0.3, 0.4) is 0 Å². The smallest absolute Gasteiger partial charge is 0.274 e. The van der Waals surface area contributed by atoms with Crippen molar-refractivity contribution in [3.63, 3.8) is 0 Å². The van der Waals surface area contributed by atoms with Gasteiger partial charge in [-0.3, -0.25) is 14.0 Å². The minimum atomic E-state index is -0.697. The maximum atomic E-state index is 12.6. The number of pyridine rings is 1. The number of nitrogens with zero attached hydrogens (tertiary/aromatic N) is 2. The Kier molecular flexibility index (Phi) is 4.38. The van der Waals surface area contributed by atoms with Crippen LogP contribution in [0.2, 0.25) is 0 Å². The SMILES string of the molecule is COc1ccccc1CNC(=O)c1c(O)nc2ccc(C)cn2c1=O. The van der Waals surface area contributed by atoms with Gasteiger partial charge in [0.2, 0.25) is 5.88 Å². The summed E-state index contributed by atoms with van der Waals surface area (Å²) in [4.78, 5) is 28.9. The van der Waals surface area contributed by atoms with Gasteiger partial charge in [0.1, 0.15) is 11.4 Å². The zero-order valence-corrected chi connectivity index (χ0v) is 13.8. The molecule has 0 aliphatic carbocycles. The van der Waals surface area contributed by atoms with Crippen LogP contribution in [-0.2, 0) is 6.54 Å². The minimum Gasteiger partial charge on any atom is -0.496 e. The number of amides is 1. The average molecular weight is 339 g/mol. The zero-order chi connectivity index (χ0) is 18.0. The van der Waals surface area contributed by atoms with E-state index in [9.17, 15) is 14.7 Å². The summed E-state index contributed by atoms with van der Waals surface area (Å²) in [5.74, 6) is -0.667. The summed E-state index contributed by atoms with van der Waals surface area (Å²) in [5.41, 5.74) is 0.848. The summed E-state index contributed by atoms with van der Waals surface area (Å²) in [6, 6.07) is 10.6. The van der Waals surface area contributed by atoms with Gasteiger partial charge in [0.05, 0.1) is 7.11 Å². The van der Waals surface area contributed by atoms with Gasteiger partial charge in [0.15, 0.2) is 5.56 Å². The van der Waals surface area contributed by atoms with Gasteiger partial charge in [-0.1, -0.05) is 24.3 Å². The van der Waals surface area contributed by atoms with Gasteiger partial charge >= 0.3 is 0 Å². The number of para-hydroxylation sites is 1. The van der Waals surface area contributed by atoms with E-state index in [2.05, 4.69) is 10.3 Å². The molecular formula is C18H17N3O4. The minimum absolute atomic E-state index is 0.151. The predicted octanol–water partition coefficient (Wildman–Crippen LogP) is 1.65. The molecule has 2 N–H and O–H groups in total. The van der Waals surface area contributed by atoms with Gasteiger partial charge in [0, 0.05) is 18.3 Å². The third-order valence-electron chi connectivity index (χ3n) is 3.81. The standard InChI is InChI=1S/C18H17N3O4/c1-11-7-8-14-20-17(23)15(18(24)21(14)10-11)16(22)19-9-12-5-3-4-6-13(12)25-2/h3-8,10,23H,9H2,1-2H3,(H,19,22). The highest BCUT2D eigenvalue weighted by Crippen LogP contribution is 2.17. The fraction of sp³-hybridized carbons (Fsp3) is 0.167. The van der Waals surface area contributed by atoms with Gasteiger partial charge in [-0.2, -0.15) is 4.98 Å². The molecule has 7 heteroatoms. The van der Waals surface area contributed by atoms with Crippen molar-refractivity contribution in [3.8, 4) is 11.6 Å². The Hall–Kier alpha value is -3.35. The Morgan fingerprint density at radius 1 is 1.28 bits per heavy atom. The molecule has 128 valence electrons. The predicted molar refractivity (Wildman–Crippen MR) is 92.0 cm³/mol. The number of carbonyl (C=O) groups is 1. The third kappa shape index (κ3) is 3.16. The molecule has 0 atom stereocenters. The molecular weight excluding hydrogens is 322 g/mol. The van der Waals surface area contributed by atoms with Crippen molar-refractivity contribution in [3.05, 3.63) is 69.6 Å². The van der Waals surface area contributed by atoms with Crippen molar-refractivity contribution in [2.75, 3.05) is 7.11 Å². The van der Waals surface area contributed by atoms with Crippen LogP contribution >= 0.6 is 0 Å². The normalized spacial score (nSPS) is 10.6. The molecule has 1 amide bonds. The fourth-order valence-corrected chi connectivity index (χ4v) is 2.54. The number of aryl methyl sites for hydroxylation is 1. The van der Waals surface area contributed by atoms with Crippen LogP contribution in [0.4, 0.5) is 0 Å².